The summed E-state index contributed by atoms with van der Waals surface area (Å²) < 4.78 is 17.6. The average molecular weight is 817 g/mol. The quantitative estimate of drug-likeness (QED) is 0.173. The minimum absolute atomic E-state index is 0.876. The SMILES string of the molecule is c1ccc(-n2c3ccccc3c3cc(-c4ccc5oc6ccc(-c7ccc8oc9ccc(-c%10ccc%11c(c%10)c%10ccccc%10n%11-c%10ccccc%10)cc9c8c7)cc6c5c4)ccc32)cc1. The molecule has 10 aromatic carbocycles. The Balaban J connectivity index is 0.851. The molecule has 14 rings (SSSR count). The summed E-state index contributed by atoms with van der Waals surface area (Å²) in [5.41, 5.74) is 17.5. The van der Waals surface area contributed by atoms with Crippen LogP contribution < -0.4 is 0 Å². The van der Waals surface area contributed by atoms with E-state index >= 15 is 0 Å². The predicted molar refractivity (Wildman–Crippen MR) is 266 cm³/mol. The normalized spacial score (nSPS) is 12.1. The standard InChI is InChI=1S/C60H36N2O2/c1-3-11-43(12-4-1)61-53-17-9-7-15-45(53)47-31-37(19-25-55(47)61)39-21-27-57-49(33-39)51-35-41(23-29-59(51)63-57)42-24-30-60-52(36-42)50-34-40(22-28-58(50)64-60)38-20-26-56-48(32-38)46-16-8-10-18-54(46)62(56)44-13-5-2-6-14-44/h1-36H. The molecule has 4 nitrogen and oxygen atoms in total. The molecule has 4 aromatic heterocycles. The fraction of sp³-hybridized carbons (Fsp3) is 0. The number of fused-ring (bicyclic) bond motifs is 12. The van der Waals surface area contributed by atoms with Crippen LogP contribution in [0.2, 0.25) is 0 Å². The molecule has 0 saturated carbocycles. The number of rotatable bonds is 5. The molecule has 0 bridgehead atoms. The van der Waals surface area contributed by atoms with Crippen LogP contribution in [0, 0.1) is 0 Å². The van der Waals surface area contributed by atoms with Gasteiger partial charge in [0.05, 0.1) is 22.1 Å². The van der Waals surface area contributed by atoms with Gasteiger partial charge in [0, 0.05) is 54.5 Å². The van der Waals surface area contributed by atoms with Crippen molar-refractivity contribution in [3.8, 4) is 44.8 Å². The number of para-hydroxylation sites is 4. The van der Waals surface area contributed by atoms with Crippen molar-refractivity contribution in [2.45, 2.75) is 0 Å². The highest BCUT2D eigenvalue weighted by Crippen LogP contribution is 2.41. The van der Waals surface area contributed by atoms with Gasteiger partial charge in [-0.1, -0.05) is 109 Å². The van der Waals surface area contributed by atoms with Crippen LogP contribution in [-0.2, 0) is 0 Å². The van der Waals surface area contributed by atoms with Gasteiger partial charge in [-0.3, -0.25) is 0 Å². The van der Waals surface area contributed by atoms with Gasteiger partial charge in [0.25, 0.3) is 0 Å². The van der Waals surface area contributed by atoms with Crippen molar-refractivity contribution in [3.63, 3.8) is 0 Å². The van der Waals surface area contributed by atoms with E-state index in [1.54, 1.807) is 0 Å². The molecule has 14 aromatic rings. The second-order valence-corrected chi connectivity index (χ2v) is 16.9. The Kier molecular flexibility index (Phi) is 7.36. The predicted octanol–water partition coefficient (Wildman–Crippen LogP) is 16.7. The van der Waals surface area contributed by atoms with E-state index in [4.69, 9.17) is 8.83 Å². The molecule has 0 N–H and O–H groups in total. The fourth-order valence-electron chi connectivity index (χ4n) is 10.3. The van der Waals surface area contributed by atoms with Crippen molar-refractivity contribution in [3.05, 3.63) is 218 Å². The maximum Gasteiger partial charge on any atom is 0.135 e. The number of aromatic nitrogens is 2. The summed E-state index contributed by atoms with van der Waals surface area (Å²) in [6.07, 6.45) is 0. The van der Waals surface area contributed by atoms with E-state index in [2.05, 4.69) is 228 Å². The second kappa shape index (κ2) is 13.4. The molecular formula is C60H36N2O2. The monoisotopic (exact) mass is 816 g/mol. The zero-order valence-electron chi connectivity index (χ0n) is 34.5. The third-order valence-electron chi connectivity index (χ3n) is 13.3. The molecule has 0 saturated heterocycles. The maximum atomic E-state index is 6.44. The van der Waals surface area contributed by atoms with Gasteiger partial charge in [-0.25, -0.2) is 0 Å². The van der Waals surface area contributed by atoms with Gasteiger partial charge in [0.15, 0.2) is 0 Å². The van der Waals surface area contributed by atoms with Crippen molar-refractivity contribution < 1.29 is 8.83 Å². The van der Waals surface area contributed by atoms with Crippen molar-refractivity contribution in [2.24, 2.45) is 0 Å². The Morgan fingerprint density at radius 2 is 0.500 bits per heavy atom. The molecule has 0 aliphatic carbocycles. The molecule has 0 fully saturated rings. The highest BCUT2D eigenvalue weighted by atomic mass is 16.3. The first kappa shape index (κ1) is 35.0. The van der Waals surface area contributed by atoms with Crippen molar-refractivity contribution in [1.82, 2.24) is 9.13 Å². The molecule has 0 aliphatic rings. The van der Waals surface area contributed by atoms with E-state index in [-0.39, 0.29) is 0 Å². The number of hydrogen-bond donors (Lipinski definition) is 0. The topological polar surface area (TPSA) is 36.1 Å². The number of benzene rings is 10. The average Bonchev–Trinajstić information content (AvgIpc) is 4.11. The summed E-state index contributed by atoms with van der Waals surface area (Å²) >= 11 is 0. The molecule has 0 amide bonds. The lowest BCUT2D eigenvalue weighted by molar-refractivity contribution is 0.668. The molecule has 64 heavy (non-hydrogen) atoms. The van der Waals surface area contributed by atoms with Crippen LogP contribution in [0.25, 0.3) is 132 Å². The lowest BCUT2D eigenvalue weighted by Crippen LogP contribution is -1.92. The smallest absolute Gasteiger partial charge is 0.135 e. The minimum Gasteiger partial charge on any atom is -0.456 e. The van der Waals surface area contributed by atoms with E-state index in [1.807, 2.05) is 0 Å². The van der Waals surface area contributed by atoms with Crippen LogP contribution in [0.4, 0.5) is 0 Å². The summed E-state index contributed by atoms with van der Waals surface area (Å²) in [5, 5.41) is 9.35. The Morgan fingerprint density at radius 1 is 0.219 bits per heavy atom. The summed E-state index contributed by atoms with van der Waals surface area (Å²) in [5.74, 6) is 0. The second-order valence-electron chi connectivity index (χ2n) is 16.9. The highest BCUT2D eigenvalue weighted by Gasteiger charge is 2.17. The van der Waals surface area contributed by atoms with E-state index in [9.17, 15) is 0 Å². The molecule has 0 spiro atoms. The van der Waals surface area contributed by atoms with Crippen molar-refractivity contribution in [1.29, 1.82) is 0 Å². The van der Waals surface area contributed by atoms with Gasteiger partial charge >= 0.3 is 0 Å². The Hall–Kier alpha value is -8.60. The molecular weight excluding hydrogens is 781 g/mol. The zero-order chi connectivity index (χ0) is 41.9. The van der Waals surface area contributed by atoms with Crippen molar-refractivity contribution in [2.75, 3.05) is 0 Å². The lowest BCUT2D eigenvalue weighted by atomic mass is 9.98. The Bertz CT molecular complexity index is 3910. The minimum atomic E-state index is 0.876. The van der Waals surface area contributed by atoms with Crippen molar-refractivity contribution >= 4 is 87.5 Å². The molecule has 0 aliphatic heterocycles. The first-order valence-corrected chi connectivity index (χ1v) is 21.8. The highest BCUT2D eigenvalue weighted by molar-refractivity contribution is 6.14. The molecule has 0 atom stereocenters. The van der Waals surface area contributed by atoms with Crippen LogP contribution in [0.15, 0.2) is 227 Å². The van der Waals surface area contributed by atoms with Gasteiger partial charge in [-0.05, 0) is 143 Å². The first-order valence-electron chi connectivity index (χ1n) is 21.8. The van der Waals surface area contributed by atoms with Crippen LogP contribution >= 0.6 is 0 Å². The molecule has 298 valence electrons. The fourth-order valence-corrected chi connectivity index (χ4v) is 10.3. The van der Waals surface area contributed by atoms with Crippen LogP contribution in [-0.4, -0.2) is 9.13 Å². The summed E-state index contributed by atoms with van der Waals surface area (Å²) in [6, 6.07) is 78.5. The lowest BCUT2D eigenvalue weighted by Gasteiger charge is -2.08. The first-order chi connectivity index (χ1) is 31.7. The Morgan fingerprint density at radius 3 is 0.859 bits per heavy atom. The third-order valence-corrected chi connectivity index (χ3v) is 13.3. The van der Waals surface area contributed by atoms with E-state index in [1.165, 1.54) is 54.7 Å². The van der Waals surface area contributed by atoms with Gasteiger partial charge in [-0.15, -0.1) is 0 Å². The van der Waals surface area contributed by atoms with Crippen LogP contribution in [0.1, 0.15) is 0 Å². The molecule has 0 radical (unpaired) electrons. The van der Waals surface area contributed by atoms with E-state index in [0.717, 1.165) is 77.5 Å². The van der Waals surface area contributed by atoms with Crippen LogP contribution in [0.3, 0.4) is 0 Å². The molecule has 0 unspecified atom stereocenters. The zero-order valence-corrected chi connectivity index (χ0v) is 34.5. The Labute approximate surface area is 367 Å². The summed E-state index contributed by atoms with van der Waals surface area (Å²) in [7, 11) is 0. The maximum absolute atomic E-state index is 6.44. The molecule has 4 heteroatoms. The van der Waals surface area contributed by atoms with Gasteiger partial charge in [-0.2, -0.15) is 0 Å². The summed E-state index contributed by atoms with van der Waals surface area (Å²) in [6.45, 7) is 0. The van der Waals surface area contributed by atoms with Gasteiger partial charge < -0.3 is 18.0 Å². The third kappa shape index (κ3) is 5.23. The number of furan rings is 2. The van der Waals surface area contributed by atoms with Gasteiger partial charge in [0.2, 0.25) is 0 Å². The largest absolute Gasteiger partial charge is 0.456 e. The van der Waals surface area contributed by atoms with Crippen LogP contribution in [0.5, 0.6) is 0 Å². The van der Waals surface area contributed by atoms with E-state index < -0.39 is 0 Å². The number of nitrogens with zero attached hydrogens (tertiary/aromatic N) is 2. The number of hydrogen-bond acceptors (Lipinski definition) is 2. The molecule has 4 heterocycles. The summed E-state index contributed by atoms with van der Waals surface area (Å²) in [4.78, 5) is 0. The van der Waals surface area contributed by atoms with E-state index in [0.29, 0.717) is 0 Å². The van der Waals surface area contributed by atoms with Gasteiger partial charge in [0.1, 0.15) is 22.3 Å².